The number of aromatic nitrogens is 2. The molecule has 2 N–H and O–H groups in total. The van der Waals surface area contributed by atoms with E-state index in [0.29, 0.717) is 5.69 Å². The number of nitrogens with two attached hydrogens (primary N) is 1. The molecule has 4 nitrogen and oxygen atoms in total. The van der Waals surface area contributed by atoms with Gasteiger partial charge in [-0.2, -0.15) is 0 Å². The van der Waals surface area contributed by atoms with Crippen LogP contribution >= 0.6 is 0 Å². The maximum Gasteiger partial charge on any atom is 0.187 e. The van der Waals surface area contributed by atoms with E-state index in [1.54, 1.807) is 6.20 Å². The summed E-state index contributed by atoms with van der Waals surface area (Å²) in [6.45, 7) is 0. The smallest absolute Gasteiger partial charge is 0.187 e. The molecule has 74 valence electrons. The molecule has 2 unspecified atom stereocenters. The lowest BCUT2D eigenvalue weighted by Crippen LogP contribution is -2.31. The minimum Gasteiger partial charge on any atom is -0.327 e. The summed E-state index contributed by atoms with van der Waals surface area (Å²) in [5.74, 6) is -0.00481. The van der Waals surface area contributed by atoms with E-state index >= 15 is 0 Å². The van der Waals surface area contributed by atoms with Crippen LogP contribution in [0.3, 0.4) is 0 Å². The number of carbonyl (C=O) groups is 1. The van der Waals surface area contributed by atoms with Gasteiger partial charge in [-0.05, 0) is 12.8 Å². The number of Topliss-reactive ketones (excluding diaryl/α,β-unsaturated/α-hetero) is 1. The third kappa shape index (κ3) is 1.65. The second-order valence-corrected chi connectivity index (χ2v) is 3.66. The van der Waals surface area contributed by atoms with Crippen LogP contribution in [0.4, 0.5) is 0 Å². The summed E-state index contributed by atoms with van der Waals surface area (Å²) in [6.07, 6.45) is 7.47. The van der Waals surface area contributed by atoms with E-state index in [0.717, 1.165) is 19.3 Å². The zero-order chi connectivity index (χ0) is 9.97. The van der Waals surface area contributed by atoms with Gasteiger partial charge in [-0.1, -0.05) is 6.42 Å². The van der Waals surface area contributed by atoms with E-state index in [2.05, 4.69) is 9.97 Å². The lowest BCUT2D eigenvalue weighted by atomic mass is 9.97. The Hall–Kier alpha value is -1.29. The van der Waals surface area contributed by atoms with Crippen LogP contribution in [0.25, 0.3) is 0 Å². The van der Waals surface area contributed by atoms with Crippen molar-refractivity contribution in [2.45, 2.75) is 25.3 Å². The molecule has 1 aromatic heterocycles. The second kappa shape index (κ2) is 3.84. The van der Waals surface area contributed by atoms with Crippen LogP contribution in [0.15, 0.2) is 18.6 Å². The summed E-state index contributed by atoms with van der Waals surface area (Å²) in [6, 6.07) is 0.00417. The topological polar surface area (TPSA) is 68.9 Å². The SMILES string of the molecule is NC1CCCC1C(=O)c1cnccn1. The van der Waals surface area contributed by atoms with Crippen LogP contribution in [-0.4, -0.2) is 21.8 Å². The van der Waals surface area contributed by atoms with Gasteiger partial charge in [-0.15, -0.1) is 0 Å². The molecule has 0 amide bonds. The van der Waals surface area contributed by atoms with E-state index in [9.17, 15) is 4.79 Å². The Bertz CT molecular complexity index is 325. The van der Waals surface area contributed by atoms with Crippen molar-refractivity contribution in [3.8, 4) is 0 Å². The maximum atomic E-state index is 11.9. The fraction of sp³-hybridized carbons (Fsp3) is 0.500. The van der Waals surface area contributed by atoms with Crippen molar-refractivity contribution in [2.75, 3.05) is 0 Å². The highest BCUT2D eigenvalue weighted by molar-refractivity contribution is 5.96. The molecular weight excluding hydrogens is 178 g/mol. The van der Waals surface area contributed by atoms with Gasteiger partial charge in [0, 0.05) is 24.4 Å². The first kappa shape index (κ1) is 9.27. The van der Waals surface area contributed by atoms with Crippen LogP contribution in [-0.2, 0) is 0 Å². The molecule has 0 aliphatic heterocycles. The highest BCUT2D eigenvalue weighted by atomic mass is 16.1. The monoisotopic (exact) mass is 191 g/mol. The Morgan fingerprint density at radius 3 is 2.86 bits per heavy atom. The number of nitrogens with zero attached hydrogens (tertiary/aromatic N) is 2. The molecular formula is C10H13N3O. The first-order valence-corrected chi connectivity index (χ1v) is 4.85. The zero-order valence-electron chi connectivity index (χ0n) is 7.89. The average molecular weight is 191 g/mol. The normalized spacial score (nSPS) is 26.4. The molecule has 14 heavy (non-hydrogen) atoms. The molecule has 2 atom stereocenters. The highest BCUT2D eigenvalue weighted by Gasteiger charge is 2.31. The van der Waals surface area contributed by atoms with Crippen molar-refractivity contribution in [1.82, 2.24) is 9.97 Å². The van der Waals surface area contributed by atoms with Crippen LogP contribution in [0.1, 0.15) is 29.8 Å². The Balaban J connectivity index is 2.16. The Labute approximate surface area is 82.6 Å². The van der Waals surface area contributed by atoms with Gasteiger partial charge in [0.1, 0.15) is 5.69 Å². The lowest BCUT2D eigenvalue weighted by Gasteiger charge is -2.12. The maximum absolute atomic E-state index is 11.9. The Morgan fingerprint density at radius 1 is 1.43 bits per heavy atom. The molecule has 2 rings (SSSR count). The van der Waals surface area contributed by atoms with Gasteiger partial charge in [-0.3, -0.25) is 9.78 Å². The fourth-order valence-electron chi connectivity index (χ4n) is 1.93. The van der Waals surface area contributed by atoms with Gasteiger partial charge in [0.05, 0.1) is 6.20 Å². The van der Waals surface area contributed by atoms with E-state index in [1.807, 2.05) is 0 Å². The Morgan fingerprint density at radius 2 is 2.29 bits per heavy atom. The minimum absolute atomic E-state index is 0.00417. The van der Waals surface area contributed by atoms with Gasteiger partial charge in [0.15, 0.2) is 5.78 Å². The molecule has 1 fully saturated rings. The summed E-state index contributed by atoms with van der Waals surface area (Å²) in [5.41, 5.74) is 6.29. The van der Waals surface area contributed by atoms with Gasteiger partial charge < -0.3 is 5.73 Å². The second-order valence-electron chi connectivity index (χ2n) is 3.66. The zero-order valence-corrected chi connectivity index (χ0v) is 7.89. The quantitative estimate of drug-likeness (QED) is 0.701. The first-order valence-electron chi connectivity index (χ1n) is 4.85. The van der Waals surface area contributed by atoms with Crippen molar-refractivity contribution >= 4 is 5.78 Å². The predicted molar refractivity (Wildman–Crippen MR) is 51.7 cm³/mol. The lowest BCUT2D eigenvalue weighted by molar-refractivity contribution is 0.0908. The molecule has 0 bridgehead atoms. The largest absolute Gasteiger partial charge is 0.327 e. The molecule has 0 radical (unpaired) electrons. The third-order valence-corrected chi connectivity index (χ3v) is 2.72. The first-order chi connectivity index (χ1) is 6.79. The molecule has 4 heteroatoms. The molecule has 1 aliphatic carbocycles. The molecule has 0 saturated heterocycles. The average Bonchev–Trinajstić information content (AvgIpc) is 2.65. The molecule has 1 heterocycles. The number of ketones is 1. The van der Waals surface area contributed by atoms with Crippen molar-refractivity contribution in [3.63, 3.8) is 0 Å². The minimum atomic E-state index is -0.0494. The third-order valence-electron chi connectivity index (χ3n) is 2.72. The van der Waals surface area contributed by atoms with E-state index in [4.69, 9.17) is 5.73 Å². The molecule has 1 aromatic rings. The fourth-order valence-corrected chi connectivity index (χ4v) is 1.93. The summed E-state index contributed by atoms with van der Waals surface area (Å²) in [7, 11) is 0. The van der Waals surface area contributed by atoms with Crippen molar-refractivity contribution < 1.29 is 4.79 Å². The van der Waals surface area contributed by atoms with Crippen LogP contribution < -0.4 is 5.73 Å². The number of rotatable bonds is 2. The number of carbonyl (C=O) groups excluding carboxylic acids is 1. The van der Waals surface area contributed by atoms with Crippen molar-refractivity contribution in [2.24, 2.45) is 11.7 Å². The summed E-state index contributed by atoms with van der Waals surface area (Å²) in [5, 5.41) is 0. The van der Waals surface area contributed by atoms with E-state index < -0.39 is 0 Å². The summed E-state index contributed by atoms with van der Waals surface area (Å²) >= 11 is 0. The highest BCUT2D eigenvalue weighted by Crippen LogP contribution is 2.26. The van der Waals surface area contributed by atoms with Crippen LogP contribution in [0.5, 0.6) is 0 Å². The molecule has 0 aromatic carbocycles. The number of hydrogen-bond acceptors (Lipinski definition) is 4. The van der Waals surface area contributed by atoms with E-state index in [-0.39, 0.29) is 17.7 Å². The Kier molecular flexibility index (Phi) is 2.54. The van der Waals surface area contributed by atoms with E-state index in [1.165, 1.54) is 12.4 Å². The molecule has 1 saturated carbocycles. The van der Waals surface area contributed by atoms with Gasteiger partial charge in [0.2, 0.25) is 0 Å². The van der Waals surface area contributed by atoms with Gasteiger partial charge in [0.25, 0.3) is 0 Å². The van der Waals surface area contributed by atoms with Crippen LogP contribution in [0, 0.1) is 5.92 Å². The predicted octanol–water partition coefficient (Wildman–Crippen LogP) is 0.787. The summed E-state index contributed by atoms with van der Waals surface area (Å²) in [4.78, 5) is 19.7. The van der Waals surface area contributed by atoms with Crippen LogP contribution in [0.2, 0.25) is 0 Å². The molecule has 1 aliphatic rings. The van der Waals surface area contributed by atoms with Crippen molar-refractivity contribution in [1.29, 1.82) is 0 Å². The van der Waals surface area contributed by atoms with Gasteiger partial charge >= 0.3 is 0 Å². The summed E-state index contributed by atoms with van der Waals surface area (Å²) < 4.78 is 0. The van der Waals surface area contributed by atoms with Crippen molar-refractivity contribution in [3.05, 3.63) is 24.3 Å². The number of hydrogen-bond donors (Lipinski definition) is 1. The molecule has 0 spiro atoms. The van der Waals surface area contributed by atoms with Gasteiger partial charge in [-0.25, -0.2) is 4.98 Å². The standard InChI is InChI=1S/C10H13N3O/c11-8-3-1-2-7(8)10(14)9-6-12-4-5-13-9/h4-8H,1-3,11H2.